The summed E-state index contributed by atoms with van der Waals surface area (Å²) in [4.78, 5) is 0. The number of hydrogen-bond acceptors (Lipinski definition) is 2. The Balaban J connectivity index is 2.29. The van der Waals surface area contributed by atoms with Gasteiger partial charge >= 0.3 is 0 Å². The van der Waals surface area contributed by atoms with Gasteiger partial charge in [-0.2, -0.15) is 0 Å². The van der Waals surface area contributed by atoms with Crippen molar-refractivity contribution in [3.05, 3.63) is 11.8 Å². The number of morpholine rings is 1. The van der Waals surface area contributed by atoms with Gasteiger partial charge in [-0.15, -0.1) is 0 Å². The van der Waals surface area contributed by atoms with E-state index >= 15 is 0 Å². The van der Waals surface area contributed by atoms with Gasteiger partial charge < -0.3 is 10.1 Å². The summed E-state index contributed by atoms with van der Waals surface area (Å²) in [6.45, 7) is 8.14. The molecule has 0 aromatic heterocycles. The number of nitrogens with one attached hydrogen (secondary N) is 1. The molecular formula is C12H23NO. The van der Waals surface area contributed by atoms with Gasteiger partial charge in [0.05, 0.1) is 18.8 Å². The molecule has 0 amide bonds. The van der Waals surface area contributed by atoms with Crippen molar-refractivity contribution in [3.63, 3.8) is 0 Å². The van der Waals surface area contributed by atoms with Gasteiger partial charge in [0.1, 0.15) is 0 Å². The molecule has 1 aliphatic heterocycles. The first-order valence-corrected chi connectivity index (χ1v) is 5.69. The Bertz CT molecular complexity index is 196. The van der Waals surface area contributed by atoms with Crippen LogP contribution in [0.5, 0.6) is 0 Å². The number of ether oxygens (including phenoxy) is 1. The van der Waals surface area contributed by atoms with Gasteiger partial charge in [-0.1, -0.05) is 25.8 Å². The number of rotatable bonds is 4. The van der Waals surface area contributed by atoms with Crippen molar-refractivity contribution in [1.82, 2.24) is 5.32 Å². The smallest absolute Gasteiger partial charge is 0.0860 e. The topological polar surface area (TPSA) is 21.3 Å². The first-order valence-electron chi connectivity index (χ1n) is 5.69. The fraction of sp³-hybridized carbons (Fsp3) is 0.833. The molecule has 0 atom stereocenters. The number of hydrogen-bond donors (Lipinski definition) is 1. The summed E-state index contributed by atoms with van der Waals surface area (Å²) in [6.07, 6.45) is 7.38. The van der Waals surface area contributed by atoms with Crippen molar-refractivity contribution in [2.45, 2.75) is 52.0 Å². The van der Waals surface area contributed by atoms with E-state index in [1.54, 1.807) is 0 Å². The lowest BCUT2D eigenvalue weighted by Gasteiger charge is -2.33. The highest BCUT2D eigenvalue weighted by Crippen LogP contribution is 2.13. The van der Waals surface area contributed by atoms with Crippen molar-refractivity contribution in [3.8, 4) is 0 Å². The molecule has 1 fully saturated rings. The minimum Gasteiger partial charge on any atom is -0.380 e. The van der Waals surface area contributed by atoms with Gasteiger partial charge in [-0.3, -0.25) is 0 Å². The Kier molecular flexibility index (Phi) is 4.46. The van der Waals surface area contributed by atoms with Crippen LogP contribution in [-0.2, 0) is 4.74 Å². The standard InChI is InChI=1S/C12H23NO/c1-4-5-6-7-8-11-9-14-10-12(2,3)13-11/h8,13H,4-7,9-10H2,1-3H3. The second-order valence-corrected chi connectivity index (χ2v) is 4.73. The van der Waals surface area contributed by atoms with Crippen molar-refractivity contribution in [1.29, 1.82) is 0 Å². The lowest BCUT2D eigenvalue weighted by Crippen LogP contribution is -2.48. The molecule has 1 N–H and O–H groups in total. The SMILES string of the molecule is CCCCCC=C1COCC(C)(C)N1. The zero-order chi connectivity index (χ0) is 10.4. The molecular weight excluding hydrogens is 174 g/mol. The zero-order valence-corrected chi connectivity index (χ0v) is 9.73. The van der Waals surface area contributed by atoms with Crippen LogP contribution in [0.2, 0.25) is 0 Å². The summed E-state index contributed by atoms with van der Waals surface area (Å²) in [6, 6.07) is 0. The minimum absolute atomic E-state index is 0.106. The fourth-order valence-electron chi connectivity index (χ4n) is 1.70. The van der Waals surface area contributed by atoms with E-state index in [1.807, 2.05) is 0 Å². The van der Waals surface area contributed by atoms with Gasteiger partial charge in [0.15, 0.2) is 0 Å². The van der Waals surface area contributed by atoms with E-state index in [2.05, 4.69) is 32.2 Å². The Labute approximate surface area is 87.7 Å². The molecule has 2 nitrogen and oxygen atoms in total. The van der Waals surface area contributed by atoms with Gasteiger partial charge in [0.25, 0.3) is 0 Å². The second kappa shape index (κ2) is 5.40. The zero-order valence-electron chi connectivity index (χ0n) is 9.73. The Morgan fingerprint density at radius 1 is 1.43 bits per heavy atom. The van der Waals surface area contributed by atoms with E-state index in [1.165, 1.54) is 31.4 Å². The average Bonchev–Trinajstić information content (AvgIpc) is 2.11. The molecule has 1 aliphatic rings. The highest BCUT2D eigenvalue weighted by Gasteiger charge is 2.22. The van der Waals surface area contributed by atoms with Crippen LogP contribution in [0.4, 0.5) is 0 Å². The Hall–Kier alpha value is -0.500. The fourth-order valence-corrected chi connectivity index (χ4v) is 1.70. The lowest BCUT2D eigenvalue weighted by atomic mass is 10.0. The van der Waals surface area contributed by atoms with Crippen molar-refractivity contribution in [2.24, 2.45) is 0 Å². The molecule has 0 aliphatic carbocycles. The summed E-state index contributed by atoms with van der Waals surface area (Å²) < 4.78 is 5.52. The molecule has 14 heavy (non-hydrogen) atoms. The summed E-state index contributed by atoms with van der Waals surface area (Å²) in [5.41, 5.74) is 1.37. The molecule has 0 aromatic carbocycles. The van der Waals surface area contributed by atoms with Crippen LogP contribution in [0.3, 0.4) is 0 Å². The van der Waals surface area contributed by atoms with E-state index in [-0.39, 0.29) is 5.54 Å². The molecule has 1 heterocycles. The third kappa shape index (κ3) is 4.14. The van der Waals surface area contributed by atoms with E-state index in [0.29, 0.717) is 0 Å². The van der Waals surface area contributed by atoms with E-state index in [0.717, 1.165) is 13.2 Å². The quantitative estimate of drug-likeness (QED) is 0.700. The summed E-state index contributed by atoms with van der Waals surface area (Å²) in [5, 5.41) is 3.51. The molecule has 0 aromatic rings. The van der Waals surface area contributed by atoms with Crippen LogP contribution in [0.15, 0.2) is 11.8 Å². The maximum Gasteiger partial charge on any atom is 0.0860 e. The van der Waals surface area contributed by atoms with E-state index in [9.17, 15) is 0 Å². The van der Waals surface area contributed by atoms with E-state index < -0.39 is 0 Å². The van der Waals surface area contributed by atoms with Crippen LogP contribution in [0.1, 0.15) is 46.5 Å². The molecule has 1 rings (SSSR count). The van der Waals surface area contributed by atoms with Gasteiger partial charge in [0, 0.05) is 5.70 Å². The van der Waals surface area contributed by atoms with Crippen molar-refractivity contribution < 1.29 is 4.74 Å². The van der Waals surface area contributed by atoms with Crippen LogP contribution >= 0.6 is 0 Å². The average molecular weight is 197 g/mol. The Morgan fingerprint density at radius 3 is 2.86 bits per heavy atom. The maximum absolute atomic E-state index is 5.52. The van der Waals surface area contributed by atoms with Crippen LogP contribution in [-0.4, -0.2) is 18.8 Å². The first kappa shape index (κ1) is 11.6. The maximum atomic E-state index is 5.52. The molecule has 0 unspecified atom stereocenters. The highest BCUT2D eigenvalue weighted by atomic mass is 16.5. The summed E-state index contributed by atoms with van der Waals surface area (Å²) in [7, 11) is 0. The van der Waals surface area contributed by atoms with Crippen LogP contribution in [0, 0.1) is 0 Å². The molecule has 1 saturated heterocycles. The third-order valence-electron chi connectivity index (χ3n) is 2.42. The highest BCUT2D eigenvalue weighted by molar-refractivity contribution is 5.06. The molecule has 0 saturated carbocycles. The van der Waals surface area contributed by atoms with Crippen LogP contribution < -0.4 is 5.32 Å². The summed E-state index contributed by atoms with van der Waals surface area (Å²) in [5.74, 6) is 0. The molecule has 0 bridgehead atoms. The predicted octanol–water partition coefficient (Wildman–Crippen LogP) is 2.85. The summed E-state index contributed by atoms with van der Waals surface area (Å²) >= 11 is 0. The molecule has 0 spiro atoms. The van der Waals surface area contributed by atoms with E-state index in [4.69, 9.17) is 4.74 Å². The Morgan fingerprint density at radius 2 is 2.21 bits per heavy atom. The van der Waals surface area contributed by atoms with Gasteiger partial charge in [-0.25, -0.2) is 0 Å². The van der Waals surface area contributed by atoms with Gasteiger partial charge in [0.2, 0.25) is 0 Å². The first-order chi connectivity index (χ1) is 6.64. The molecule has 2 heteroatoms. The van der Waals surface area contributed by atoms with Gasteiger partial charge in [-0.05, 0) is 26.7 Å². The lowest BCUT2D eigenvalue weighted by molar-refractivity contribution is 0.0663. The number of allylic oxidation sites excluding steroid dienone is 1. The van der Waals surface area contributed by atoms with Crippen LogP contribution in [0.25, 0.3) is 0 Å². The van der Waals surface area contributed by atoms with Crippen molar-refractivity contribution >= 4 is 0 Å². The third-order valence-corrected chi connectivity index (χ3v) is 2.42. The normalized spacial score (nSPS) is 23.5. The molecule has 0 radical (unpaired) electrons. The largest absolute Gasteiger partial charge is 0.380 e. The van der Waals surface area contributed by atoms with Crippen molar-refractivity contribution in [2.75, 3.05) is 13.2 Å². The number of unbranched alkanes of at least 4 members (excludes halogenated alkanes) is 3. The predicted molar refractivity (Wildman–Crippen MR) is 60.3 cm³/mol. The monoisotopic (exact) mass is 197 g/mol. The second-order valence-electron chi connectivity index (χ2n) is 4.73. The minimum atomic E-state index is 0.106. The molecule has 82 valence electrons.